The van der Waals surface area contributed by atoms with E-state index in [1.54, 1.807) is 17.9 Å². The zero-order valence-electron chi connectivity index (χ0n) is 22.8. The van der Waals surface area contributed by atoms with E-state index in [2.05, 4.69) is 15.0 Å². The monoisotopic (exact) mass is 559 g/mol. The molecule has 40 heavy (non-hydrogen) atoms. The molecule has 3 atom stereocenters. The average molecular weight is 560 g/mol. The second-order valence-electron chi connectivity index (χ2n) is 11.8. The molecular formula is C29H36F3N5O3. The molecule has 1 saturated heterocycles. The summed E-state index contributed by atoms with van der Waals surface area (Å²) in [4.78, 5) is 34.5. The molecule has 0 bridgehead atoms. The third-order valence-electron chi connectivity index (χ3n) is 9.68. The summed E-state index contributed by atoms with van der Waals surface area (Å²) in [5.74, 6) is 0.0425. The first-order chi connectivity index (χ1) is 19.2. The van der Waals surface area contributed by atoms with Crippen molar-refractivity contribution in [3.63, 3.8) is 0 Å². The van der Waals surface area contributed by atoms with Crippen LogP contribution < -0.4 is 0 Å². The van der Waals surface area contributed by atoms with E-state index in [1.165, 1.54) is 6.07 Å². The maximum Gasteiger partial charge on any atom is 0.417 e. The van der Waals surface area contributed by atoms with Gasteiger partial charge in [0, 0.05) is 56.7 Å². The van der Waals surface area contributed by atoms with Crippen LogP contribution in [-0.4, -0.2) is 68.7 Å². The smallest absolute Gasteiger partial charge is 0.417 e. The minimum Gasteiger partial charge on any atom is -0.461 e. The van der Waals surface area contributed by atoms with E-state index in [0.717, 1.165) is 64.2 Å². The molecule has 0 spiro atoms. The molecule has 0 aromatic carbocycles. The van der Waals surface area contributed by atoms with E-state index < -0.39 is 23.1 Å². The minimum absolute atomic E-state index is 0.124. The van der Waals surface area contributed by atoms with Gasteiger partial charge in [-0.05, 0) is 69.1 Å². The summed E-state index contributed by atoms with van der Waals surface area (Å²) in [6.45, 7) is 4.61. The summed E-state index contributed by atoms with van der Waals surface area (Å²) in [6.07, 6.45) is 5.37. The molecule has 2 aliphatic carbocycles. The van der Waals surface area contributed by atoms with E-state index in [1.807, 2.05) is 10.9 Å². The largest absolute Gasteiger partial charge is 0.461 e. The number of aromatic nitrogens is 3. The number of likely N-dealkylation sites (tertiary alicyclic amines) is 1. The lowest BCUT2D eigenvalue weighted by Crippen LogP contribution is -2.47. The van der Waals surface area contributed by atoms with Crippen LogP contribution in [0.4, 0.5) is 13.2 Å². The van der Waals surface area contributed by atoms with Gasteiger partial charge in [-0.15, -0.1) is 0 Å². The molecule has 4 aliphatic rings. The van der Waals surface area contributed by atoms with E-state index in [9.17, 15) is 22.8 Å². The van der Waals surface area contributed by atoms with Crippen LogP contribution in [-0.2, 0) is 28.7 Å². The Bertz CT molecular complexity index is 1270. The van der Waals surface area contributed by atoms with Gasteiger partial charge in [0.2, 0.25) is 5.91 Å². The molecule has 6 rings (SSSR count). The molecule has 11 heteroatoms. The highest BCUT2D eigenvalue weighted by atomic mass is 19.4. The summed E-state index contributed by atoms with van der Waals surface area (Å²) >= 11 is 0. The van der Waals surface area contributed by atoms with Crippen molar-refractivity contribution < 1.29 is 27.5 Å². The predicted octanol–water partition coefficient (Wildman–Crippen LogP) is 4.64. The summed E-state index contributed by atoms with van der Waals surface area (Å²) in [5, 5.41) is 4.45. The van der Waals surface area contributed by atoms with Gasteiger partial charge in [-0.25, -0.2) is 4.79 Å². The third-order valence-corrected chi connectivity index (χ3v) is 9.68. The molecular weight excluding hydrogens is 523 g/mol. The first-order valence-corrected chi connectivity index (χ1v) is 14.5. The van der Waals surface area contributed by atoms with Crippen LogP contribution in [0.3, 0.4) is 0 Å². The number of carbonyl (C=O) groups excluding carboxylic acids is 2. The molecule has 0 N–H and O–H groups in total. The Hall–Kier alpha value is -2.95. The van der Waals surface area contributed by atoms with Crippen LogP contribution in [0, 0.1) is 11.3 Å². The van der Waals surface area contributed by atoms with E-state index >= 15 is 0 Å². The number of ether oxygens (including phenoxy) is 1. The molecule has 216 valence electrons. The number of esters is 1. The quantitative estimate of drug-likeness (QED) is 0.497. The van der Waals surface area contributed by atoms with Gasteiger partial charge in [-0.1, -0.05) is 6.42 Å². The van der Waals surface area contributed by atoms with Crippen molar-refractivity contribution in [2.75, 3.05) is 26.2 Å². The van der Waals surface area contributed by atoms with Crippen molar-refractivity contribution in [2.24, 2.45) is 11.3 Å². The Morgan fingerprint density at radius 1 is 1.15 bits per heavy atom. The maximum atomic E-state index is 14.1. The van der Waals surface area contributed by atoms with Gasteiger partial charge in [-0.2, -0.15) is 18.3 Å². The van der Waals surface area contributed by atoms with Crippen molar-refractivity contribution in [3.05, 3.63) is 47.0 Å². The number of nitrogens with zero attached hydrogens (tertiary/aromatic N) is 5. The number of hydrogen-bond donors (Lipinski definition) is 0. The second-order valence-corrected chi connectivity index (χ2v) is 11.8. The number of rotatable bonds is 5. The van der Waals surface area contributed by atoms with Crippen LogP contribution in [0.25, 0.3) is 0 Å². The van der Waals surface area contributed by atoms with Gasteiger partial charge in [0.1, 0.15) is 0 Å². The predicted molar refractivity (Wildman–Crippen MR) is 139 cm³/mol. The number of carbonyl (C=O) groups is 2. The fraction of sp³-hybridized carbons (Fsp3) is 0.655. The van der Waals surface area contributed by atoms with Gasteiger partial charge in [0.15, 0.2) is 5.69 Å². The summed E-state index contributed by atoms with van der Waals surface area (Å²) < 4.78 is 46.8. The van der Waals surface area contributed by atoms with Crippen LogP contribution in [0.1, 0.15) is 85.2 Å². The number of piperidine rings is 1. The SMILES string of the molecule is CCOC(=O)c1ccn(C2CCN([C@@H]3C[C@H]4CCC[C@@]4(C(=O)N4CCc5ncc(C(F)(F)F)cc5C4)C3)CC2)n1. The number of halogens is 3. The second kappa shape index (κ2) is 10.5. The van der Waals surface area contributed by atoms with Gasteiger partial charge in [0.05, 0.1) is 23.6 Å². The van der Waals surface area contributed by atoms with E-state index in [4.69, 9.17) is 4.74 Å². The molecule has 2 aliphatic heterocycles. The molecule has 1 amide bonds. The summed E-state index contributed by atoms with van der Waals surface area (Å²) in [5.41, 5.74) is 0.344. The minimum atomic E-state index is -4.45. The Morgan fingerprint density at radius 3 is 2.70 bits per heavy atom. The summed E-state index contributed by atoms with van der Waals surface area (Å²) in [6, 6.07) is 3.43. The van der Waals surface area contributed by atoms with Crippen molar-refractivity contribution in [2.45, 2.75) is 83.1 Å². The van der Waals surface area contributed by atoms with Crippen LogP contribution in [0.2, 0.25) is 0 Å². The van der Waals surface area contributed by atoms with Gasteiger partial charge >= 0.3 is 12.1 Å². The fourth-order valence-corrected chi connectivity index (χ4v) is 7.68. The first kappa shape index (κ1) is 27.2. The van der Waals surface area contributed by atoms with Crippen molar-refractivity contribution in [3.8, 4) is 0 Å². The molecule has 2 saturated carbocycles. The lowest BCUT2D eigenvalue weighted by Gasteiger charge is -2.39. The molecule has 0 radical (unpaired) electrons. The Kier molecular flexibility index (Phi) is 7.13. The normalized spacial score (nSPS) is 27.4. The Morgan fingerprint density at radius 2 is 1.95 bits per heavy atom. The molecule has 4 heterocycles. The van der Waals surface area contributed by atoms with Crippen LogP contribution in [0.5, 0.6) is 0 Å². The standard InChI is InChI=1S/C29H36F3N5O3/c1-2-40-26(38)25-8-13-37(34-25)22-5-10-35(11-6-22)23-15-20-4-3-9-28(20,16-23)27(39)36-12-7-24-19(18-36)14-21(17-33-24)29(30,31)32/h8,13-14,17,20,22-23H,2-7,9-12,15-16,18H2,1H3/t20-,23-,28-/m1/s1. The highest BCUT2D eigenvalue weighted by Gasteiger charge is 2.57. The zero-order chi connectivity index (χ0) is 28.1. The molecule has 2 aromatic heterocycles. The number of fused-ring (bicyclic) bond motifs is 2. The lowest BCUT2D eigenvalue weighted by atomic mass is 9.78. The number of pyridine rings is 1. The number of hydrogen-bond acceptors (Lipinski definition) is 6. The number of alkyl halides is 3. The van der Waals surface area contributed by atoms with E-state index in [-0.39, 0.29) is 18.5 Å². The van der Waals surface area contributed by atoms with Gasteiger partial charge < -0.3 is 14.5 Å². The fourth-order valence-electron chi connectivity index (χ4n) is 7.68. The van der Waals surface area contributed by atoms with Crippen LogP contribution in [0.15, 0.2) is 24.5 Å². The van der Waals surface area contributed by atoms with E-state index in [0.29, 0.717) is 48.5 Å². The number of amides is 1. The molecule has 0 unspecified atom stereocenters. The Labute approximate surface area is 231 Å². The van der Waals surface area contributed by atoms with Crippen molar-refractivity contribution in [1.29, 1.82) is 0 Å². The topological polar surface area (TPSA) is 80.6 Å². The Balaban J connectivity index is 1.10. The molecule has 8 nitrogen and oxygen atoms in total. The van der Waals surface area contributed by atoms with Crippen molar-refractivity contribution >= 4 is 11.9 Å². The molecule has 3 fully saturated rings. The molecule has 2 aromatic rings. The highest BCUT2D eigenvalue weighted by molar-refractivity contribution is 5.87. The highest BCUT2D eigenvalue weighted by Crippen LogP contribution is 2.57. The van der Waals surface area contributed by atoms with Gasteiger partial charge in [0.25, 0.3) is 0 Å². The summed E-state index contributed by atoms with van der Waals surface area (Å²) in [7, 11) is 0. The lowest BCUT2D eigenvalue weighted by molar-refractivity contribution is -0.144. The van der Waals surface area contributed by atoms with Gasteiger partial charge in [-0.3, -0.25) is 14.5 Å². The third kappa shape index (κ3) is 4.90. The first-order valence-electron chi connectivity index (χ1n) is 14.5. The van der Waals surface area contributed by atoms with Crippen LogP contribution >= 0.6 is 0 Å². The zero-order valence-corrected chi connectivity index (χ0v) is 22.8. The maximum absolute atomic E-state index is 14.1. The average Bonchev–Trinajstić information content (AvgIpc) is 3.67. The van der Waals surface area contributed by atoms with Crippen molar-refractivity contribution in [1.82, 2.24) is 24.6 Å².